The molecule has 0 aliphatic carbocycles. The van der Waals surface area contributed by atoms with Crippen molar-refractivity contribution in [1.82, 2.24) is 0 Å². The number of nitrogens with one attached hydrogen (secondary N) is 1. The second kappa shape index (κ2) is 35.9. The molecule has 0 spiro atoms. The van der Waals surface area contributed by atoms with Gasteiger partial charge in [0.1, 0.15) is 93.8 Å². The molecule has 0 aromatic heterocycles. The normalized spacial score (nSPS) is 12.0. The van der Waals surface area contributed by atoms with Crippen molar-refractivity contribution in [1.29, 1.82) is 0 Å². The number of esters is 4. The Bertz CT molecular complexity index is 4840. The first-order chi connectivity index (χ1) is 51.4. The van der Waals surface area contributed by atoms with Gasteiger partial charge in [0.25, 0.3) is 17.7 Å². The maximum Gasteiger partial charge on any atom is 0.337 e. The Labute approximate surface area is 625 Å². The van der Waals surface area contributed by atoms with E-state index in [0.717, 1.165) is 87.3 Å². The van der Waals surface area contributed by atoms with Crippen molar-refractivity contribution >= 4 is 81.9 Å². The third kappa shape index (κ3) is 22.6. The van der Waals surface area contributed by atoms with E-state index in [2.05, 4.69) is 5.32 Å². The molecule has 9 aromatic carbocycles. The van der Waals surface area contributed by atoms with E-state index < -0.39 is 141 Å². The van der Waals surface area contributed by atoms with Crippen molar-refractivity contribution in [2.45, 2.75) is 105 Å². The van der Waals surface area contributed by atoms with Gasteiger partial charge in [-0.1, -0.05) is 84.9 Å². The summed E-state index contributed by atoms with van der Waals surface area (Å²) in [5, 5.41) is 2.38. The number of rotatable bonds is 18. The molecular weight excluding hydrogens is 1420 g/mol. The molecule has 5 amide bonds. The van der Waals surface area contributed by atoms with E-state index >= 15 is 0 Å². The minimum absolute atomic E-state index is 0.000775. The highest BCUT2D eigenvalue weighted by Crippen LogP contribution is 2.34. The lowest BCUT2D eigenvalue weighted by atomic mass is 10.0. The van der Waals surface area contributed by atoms with Gasteiger partial charge in [-0.05, 0) is 218 Å². The van der Waals surface area contributed by atoms with Gasteiger partial charge in [-0.3, -0.25) is 53.1 Å². The van der Waals surface area contributed by atoms with Crippen LogP contribution < -0.4 is 24.9 Å². The summed E-state index contributed by atoms with van der Waals surface area (Å²) in [4.78, 5) is 118. The van der Waals surface area contributed by atoms with Gasteiger partial charge in [0.15, 0.2) is 0 Å². The lowest BCUT2D eigenvalue weighted by Gasteiger charge is -2.27. The Morgan fingerprint density at radius 1 is 0.404 bits per heavy atom. The third-order valence-electron chi connectivity index (χ3n) is 15.9. The van der Waals surface area contributed by atoms with Gasteiger partial charge in [0.2, 0.25) is 11.8 Å². The van der Waals surface area contributed by atoms with Crippen molar-refractivity contribution in [3.8, 4) is 33.4 Å². The van der Waals surface area contributed by atoms with E-state index in [4.69, 9.17) is 18.9 Å². The molecule has 568 valence electrons. The molecule has 0 unspecified atom stereocenters. The topological polar surface area (TPSA) is 216 Å². The molecular formula is C84H80F7N5O13. The zero-order valence-electron chi connectivity index (χ0n) is 61.7. The molecule has 1 aliphatic rings. The van der Waals surface area contributed by atoms with Gasteiger partial charge >= 0.3 is 23.9 Å². The summed E-state index contributed by atoms with van der Waals surface area (Å²) in [7, 11) is 1.29. The number of halogens is 7. The number of anilines is 5. The standard InChI is InChI=1S/C30H30F2N2O4.C27H25F3N2O4.C27H25F2NO5/c1-30(2,3)38-27(36)19-34(29(37)28-24(31)13-8-14-25(28)32)23-12-7-10-21(18-23)20-9-6-11-22(17-20)33-16-5-4-15-26(33)35;1-16(33)31-23-12-11-18(14-22(23)30)17-7-5-8-19(13-17)32(15-24(34)36-27(2,3)4)26(35)25-20(28)9-6-10-21(25)29;1-27(2,3)35-23(31)16-30(25(32)24-21(28)9-6-10-22(24)29)20-8-5-7-19(15-20)17-11-13-18(14-12-17)26(33)34-4/h6-14,17-18H,4-5,15-16,19H2,1-3H3;5-14H,15H2,1-4H3,(H,31,33);5-15H,16H2,1-4H3. The molecule has 1 saturated heterocycles. The SMILES string of the molecule is CC(=O)Nc1ccc(-c2cccc(N(CC(=O)OC(C)(C)C)C(=O)c3c(F)cccc3F)c2)cc1F.CC(C)(C)OC(=O)CN(C(=O)c1c(F)cccc1F)c1cccc(-c2cccc(N3CCCCC3=O)c2)c1.COC(=O)c1ccc(-c2cccc(N(CC(=O)OC(C)(C)C)C(=O)c3c(F)cccc3F)c2)cc1. The minimum Gasteiger partial charge on any atom is -0.465 e. The molecule has 18 nitrogen and oxygen atoms in total. The van der Waals surface area contributed by atoms with E-state index in [1.165, 1.54) is 44.4 Å². The fourth-order valence-electron chi connectivity index (χ4n) is 11.3. The van der Waals surface area contributed by atoms with Crippen LogP contribution in [0.25, 0.3) is 33.4 Å². The summed E-state index contributed by atoms with van der Waals surface area (Å²) >= 11 is 0. The van der Waals surface area contributed by atoms with Crippen molar-refractivity contribution in [2.75, 3.05) is 58.2 Å². The second-order valence-corrected chi connectivity index (χ2v) is 27.9. The first-order valence-corrected chi connectivity index (χ1v) is 34.3. The molecule has 109 heavy (non-hydrogen) atoms. The van der Waals surface area contributed by atoms with E-state index in [1.54, 1.807) is 152 Å². The fraction of sp³-hybridized carbons (Fsp3) is 0.250. The van der Waals surface area contributed by atoms with Crippen molar-refractivity contribution in [3.63, 3.8) is 0 Å². The highest BCUT2D eigenvalue weighted by molar-refractivity contribution is 6.11. The minimum atomic E-state index is -1.08. The van der Waals surface area contributed by atoms with Gasteiger partial charge in [-0.2, -0.15) is 0 Å². The molecule has 0 radical (unpaired) electrons. The van der Waals surface area contributed by atoms with Gasteiger partial charge in [-0.25, -0.2) is 35.5 Å². The van der Waals surface area contributed by atoms with E-state index in [-0.39, 0.29) is 28.7 Å². The fourth-order valence-corrected chi connectivity index (χ4v) is 11.3. The van der Waals surface area contributed by atoms with Crippen LogP contribution in [0.5, 0.6) is 0 Å². The number of carbonyl (C=O) groups is 9. The number of hydrogen-bond acceptors (Lipinski definition) is 13. The lowest BCUT2D eigenvalue weighted by Crippen LogP contribution is -2.39. The first kappa shape index (κ1) is 82.4. The third-order valence-corrected chi connectivity index (χ3v) is 15.9. The largest absolute Gasteiger partial charge is 0.465 e. The summed E-state index contributed by atoms with van der Waals surface area (Å²) in [6.45, 7) is 15.2. The molecule has 0 bridgehead atoms. The molecule has 25 heteroatoms. The highest BCUT2D eigenvalue weighted by atomic mass is 19.2. The van der Waals surface area contributed by atoms with Crippen LogP contribution in [0.1, 0.15) is 130 Å². The zero-order valence-corrected chi connectivity index (χ0v) is 61.7. The quantitative estimate of drug-likeness (QED) is 0.0481. The van der Waals surface area contributed by atoms with Crippen molar-refractivity contribution < 1.29 is 92.8 Å². The summed E-state index contributed by atoms with van der Waals surface area (Å²) in [5.41, 5.74) is 0.624. The van der Waals surface area contributed by atoms with Crippen LogP contribution in [0.4, 0.5) is 59.2 Å². The Hall–Kier alpha value is -12.3. The van der Waals surface area contributed by atoms with Gasteiger partial charge in [0.05, 0.1) is 18.4 Å². The van der Waals surface area contributed by atoms with E-state index in [1.807, 2.05) is 30.3 Å². The molecule has 10 rings (SSSR count). The number of amides is 5. The summed E-state index contributed by atoms with van der Waals surface area (Å²) < 4.78 is 122. The highest BCUT2D eigenvalue weighted by Gasteiger charge is 2.33. The maximum atomic E-state index is 14.5. The summed E-state index contributed by atoms with van der Waals surface area (Å²) in [6, 6.07) is 46.9. The Kier molecular flexibility index (Phi) is 27.1. The smallest absolute Gasteiger partial charge is 0.337 e. The Morgan fingerprint density at radius 2 is 0.734 bits per heavy atom. The number of nitrogens with zero attached hydrogens (tertiary/aromatic N) is 4. The van der Waals surface area contributed by atoms with Crippen LogP contribution in [0.2, 0.25) is 0 Å². The van der Waals surface area contributed by atoms with Crippen molar-refractivity contribution in [2.24, 2.45) is 0 Å². The average molecular weight is 1500 g/mol. The van der Waals surface area contributed by atoms with Gasteiger partial charge < -0.3 is 29.2 Å². The lowest BCUT2D eigenvalue weighted by molar-refractivity contribution is -0.154. The van der Waals surface area contributed by atoms with Gasteiger partial charge in [-0.15, -0.1) is 0 Å². The predicted octanol–water partition coefficient (Wildman–Crippen LogP) is 17.3. The molecule has 1 heterocycles. The monoisotopic (exact) mass is 1500 g/mol. The number of piperidine rings is 1. The zero-order chi connectivity index (χ0) is 79.8. The van der Waals surface area contributed by atoms with Gasteiger partial charge in [0, 0.05) is 42.6 Å². The van der Waals surface area contributed by atoms with Crippen LogP contribution in [0.3, 0.4) is 0 Å². The van der Waals surface area contributed by atoms with Crippen LogP contribution >= 0.6 is 0 Å². The number of benzene rings is 9. The molecule has 1 fully saturated rings. The molecule has 1 aliphatic heterocycles. The summed E-state index contributed by atoms with van der Waals surface area (Å²) in [5.74, 6) is -13.2. The summed E-state index contributed by atoms with van der Waals surface area (Å²) in [6.07, 6.45) is 2.31. The van der Waals surface area contributed by atoms with Crippen LogP contribution in [0.15, 0.2) is 194 Å². The molecule has 0 saturated carbocycles. The maximum absolute atomic E-state index is 14.5. The molecule has 0 atom stereocenters. The van der Waals surface area contributed by atoms with Crippen LogP contribution in [0, 0.1) is 40.7 Å². The number of hydrogen-bond donors (Lipinski definition) is 1. The number of methoxy groups -OCH3 is 1. The Morgan fingerprint density at radius 3 is 1.07 bits per heavy atom. The molecule has 1 N–H and O–H groups in total. The molecule has 9 aromatic rings. The van der Waals surface area contributed by atoms with Crippen LogP contribution in [-0.4, -0.2) is 104 Å². The average Bonchev–Trinajstić information content (AvgIpc) is 0.806. The number of ether oxygens (including phenoxy) is 4. The second-order valence-electron chi connectivity index (χ2n) is 27.9. The van der Waals surface area contributed by atoms with E-state index in [0.29, 0.717) is 46.3 Å². The first-order valence-electron chi connectivity index (χ1n) is 34.3. The van der Waals surface area contributed by atoms with Crippen molar-refractivity contribution in [3.05, 3.63) is 257 Å². The van der Waals surface area contributed by atoms with Crippen LogP contribution in [-0.2, 0) is 42.9 Å². The Balaban J connectivity index is 0.000000206. The van der Waals surface area contributed by atoms with E-state index in [9.17, 15) is 73.9 Å². The predicted molar refractivity (Wildman–Crippen MR) is 399 cm³/mol. The number of carbonyl (C=O) groups excluding carboxylic acids is 9.